The fraction of sp³-hybridized carbons (Fsp3) is 0.0714. The van der Waals surface area contributed by atoms with Crippen LogP contribution in [0.4, 0.5) is 5.69 Å². The molecule has 102 valence electrons. The van der Waals surface area contributed by atoms with Crippen LogP contribution in [0.15, 0.2) is 34.7 Å². The van der Waals surface area contributed by atoms with Crippen LogP contribution in [0.3, 0.4) is 0 Å². The van der Waals surface area contributed by atoms with Crippen LogP contribution in [-0.2, 0) is 0 Å². The molecule has 0 amide bonds. The number of nitrogens with two attached hydrogens (primary N) is 1. The Kier molecular flexibility index (Phi) is 3.20. The minimum atomic E-state index is 0.424. The normalized spacial score (nSPS) is 10.9. The first-order chi connectivity index (χ1) is 9.58. The topological polar surface area (TPSA) is 61.3 Å². The van der Waals surface area contributed by atoms with Crippen molar-refractivity contribution in [3.63, 3.8) is 0 Å². The molecule has 1 heterocycles. The van der Waals surface area contributed by atoms with Crippen LogP contribution in [0.2, 0.25) is 10.0 Å². The highest BCUT2D eigenvalue weighted by Crippen LogP contribution is 2.33. The van der Waals surface area contributed by atoms with Crippen molar-refractivity contribution in [2.45, 2.75) is 0 Å². The van der Waals surface area contributed by atoms with Crippen molar-refractivity contribution in [3.8, 4) is 17.2 Å². The predicted octanol–water partition coefficient (Wildman–Crippen LogP) is 4.39. The number of fused-ring (bicyclic) bond motifs is 1. The van der Waals surface area contributed by atoms with E-state index in [0.29, 0.717) is 38.5 Å². The number of benzene rings is 2. The van der Waals surface area contributed by atoms with Crippen molar-refractivity contribution in [1.82, 2.24) is 4.98 Å². The Bertz CT molecular complexity index is 799. The molecule has 0 aliphatic rings. The molecule has 3 aromatic rings. The fourth-order valence-corrected chi connectivity index (χ4v) is 2.47. The van der Waals surface area contributed by atoms with Gasteiger partial charge in [0, 0.05) is 10.6 Å². The van der Waals surface area contributed by atoms with E-state index >= 15 is 0 Å². The summed E-state index contributed by atoms with van der Waals surface area (Å²) in [4.78, 5) is 4.37. The van der Waals surface area contributed by atoms with E-state index in [4.69, 9.17) is 38.1 Å². The maximum atomic E-state index is 6.08. The number of ether oxygens (including phenoxy) is 1. The van der Waals surface area contributed by atoms with Crippen molar-refractivity contribution in [2.24, 2.45) is 0 Å². The van der Waals surface area contributed by atoms with Gasteiger partial charge in [-0.05, 0) is 30.3 Å². The third kappa shape index (κ3) is 2.17. The van der Waals surface area contributed by atoms with E-state index in [0.717, 1.165) is 5.56 Å². The van der Waals surface area contributed by atoms with Gasteiger partial charge in [-0.25, -0.2) is 4.98 Å². The molecular formula is C14H10Cl2N2O2. The molecule has 0 bridgehead atoms. The van der Waals surface area contributed by atoms with Gasteiger partial charge in [-0.3, -0.25) is 0 Å². The zero-order valence-corrected chi connectivity index (χ0v) is 12.0. The van der Waals surface area contributed by atoms with Gasteiger partial charge < -0.3 is 14.9 Å². The lowest BCUT2D eigenvalue weighted by molar-refractivity contribution is 0.417. The maximum Gasteiger partial charge on any atom is 0.227 e. The van der Waals surface area contributed by atoms with E-state index in [-0.39, 0.29) is 0 Å². The molecule has 2 N–H and O–H groups in total. The molecule has 3 rings (SSSR count). The van der Waals surface area contributed by atoms with Gasteiger partial charge in [0.25, 0.3) is 0 Å². The number of rotatable bonds is 2. The van der Waals surface area contributed by atoms with E-state index in [2.05, 4.69) is 4.98 Å². The molecule has 0 spiro atoms. The van der Waals surface area contributed by atoms with Crippen LogP contribution >= 0.6 is 23.2 Å². The summed E-state index contributed by atoms with van der Waals surface area (Å²) >= 11 is 12.0. The largest absolute Gasteiger partial charge is 0.495 e. The lowest BCUT2D eigenvalue weighted by Crippen LogP contribution is -1.92. The SMILES string of the molecule is COc1ccc(-c2nc3cc(Cl)cc(Cl)c3o2)cc1N. The number of hydrogen-bond acceptors (Lipinski definition) is 4. The minimum Gasteiger partial charge on any atom is -0.495 e. The van der Waals surface area contributed by atoms with Crippen LogP contribution in [0, 0.1) is 0 Å². The number of oxazole rings is 1. The molecule has 20 heavy (non-hydrogen) atoms. The van der Waals surface area contributed by atoms with Crippen molar-refractivity contribution in [3.05, 3.63) is 40.4 Å². The smallest absolute Gasteiger partial charge is 0.227 e. The van der Waals surface area contributed by atoms with Crippen LogP contribution in [-0.4, -0.2) is 12.1 Å². The predicted molar refractivity (Wildman–Crippen MR) is 80.4 cm³/mol. The van der Waals surface area contributed by atoms with Crippen LogP contribution in [0.5, 0.6) is 5.75 Å². The molecule has 0 fully saturated rings. The molecule has 2 aromatic carbocycles. The molecule has 0 saturated carbocycles. The number of nitrogen functional groups attached to an aromatic ring is 1. The van der Waals surface area contributed by atoms with E-state index in [9.17, 15) is 0 Å². The fourth-order valence-electron chi connectivity index (χ4n) is 1.95. The Morgan fingerprint density at radius 2 is 2.00 bits per heavy atom. The van der Waals surface area contributed by atoms with Crippen molar-refractivity contribution in [1.29, 1.82) is 0 Å². The van der Waals surface area contributed by atoms with Gasteiger partial charge in [-0.1, -0.05) is 23.2 Å². The molecule has 0 saturated heterocycles. The number of methoxy groups -OCH3 is 1. The maximum absolute atomic E-state index is 6.08. The number of anilines is 1. The minimum absolute atomic E-state index is 0.424. The van der Waals surface area contributed by atoms with Gasteiger partial charge in [0.05, 0.1) is 17.8 Å². The zero-order valence-electron chi connectivity index (χ0n) is 10.5. The van der Waals surface area contributed by atoms with Gasteiger partial charge >= 0.3 is 0 Å². The highest BCUT2D eigenvalue weighted by Gasteiger charge is 2.13. The van der Waals surface area contributed by atoms with Gasteiger partial charge in [0.1, 0.15) is 11.3 Å². The Hall–Kier alpha value is -1.91. The van der Waals surface area contributed by atoms with Crippen LogP contribution in [0.1, 0.15) is 0 Å². The quantitative estimate of drug-likeness (QED) is 0.713. The number of halogens is 2. The lowest BCUT2D eigenvalue weighted by Gasteiger charge is -2.04. The molecule has 0 aliphatic carbocycles. The zero-order chi connectivity index (χ0) is 14.3. The molecule has 4 nitrogen and oxygen atoms in total. The number of aromatic nitrogens is 1. The summed E-state index contributed by atoms with van der Waals surface area (Å²) < 4.78 is 10.8. The molecular weight excluding hydrogens is 299 g/mol. The second kappa shape index (κ2) is 4.89. The van der Waals surface area contributed by atoms with Crippen molar-refractivity contribution in [2.75, 3.05) is 12.8 Å². The molecule has 0 aliphatic heterocycles. The summed E-state index contributed by atoms with van der Waals surface area (Å²) in [6, 6.07) is 8.62. The second-order valence-electron chi connectivity index (χ2n) is 4.21. The van der Waals surface area contributed by atoms with E-state index in [1.807, 2.05) is 6.07 Å². The Morgan fingerprint density at radius 1 is 1.20 bits per heavy atom. The Balaban J connectivity index is 2.15. The highest BCUT2D eigenvalue weighted by atomic mass is 35.5. The summed E-state index contributed by atoms with van der Waals surface area (Å²) in [6.45, 7) is 0. The molecule has 1 aromatic heterocycles. The first-order valence-electron chi connectivity index (χ1n) is 5.78. The first kappa shape index (κ1) is 13.1. The standard InChI is InChI=1S/C14H10Cl2N2O2/c1-19-12-3-2-7(4-10(12)17)14-18-11-6-8(15)5-9(16)13(11)20-14/h2-6H,17H2,1H3. The van der Waals surface area contributed by atoms with Crippen LogP contribution in [0.25, 0.3) is 22.6 Å². The highest BCUT2D eigenvalue weighted by molar-refractivity contribution is 6.38. The van der Waals surface area contributed by atoms with Gasteiger partial charge in [-0.2, -0.15) is 0 Å². The van der Waals surface area contributed by atoms with Crippen LogP contribution < -0.4 is 10.5 Å². The van der Waals surface area contributed by atoms with Gasteiger partial charge in [-0.15, -0.1) is 0 Å². The summed E-state index contributed by atoms with van der Waals surface area (Å²) in [7, 11) is 1.56. The average molecular weight is 309 g/mol. The summed E-state index contributed by atoms with van der Waals surface area (Å²) in [5.74, 6) is 1.03. The third-order valence-electron chi connectivity index (χ3n) is 2.89. The van der Waals surface area contributed by atoms with E-state index in [1.54, 1.807) is 31.4 Å². The van der Waals surface area contributed by atoms with E-state index < -0.39 is 0 Å². The first-order valence-corrected chi connectivity index (χ1v) is 6.53. The van der Waals surface area contributed by atoms with E-state index in [1.165, 1.54) is 0 Å². The Labute approximate surface area is 125 Å². The summed E-state index contributed by atoms with van der Waals surface area (Å²) in [5, 5.41) is 0.935. The van der Waals surface area contributed by atoms with Crippen molar-refractivity contribution < 1.29 is 9.15 Å². The van der Waals surface area contributed by atoms with Gasteiger partial charge in [0.2, 0.25) is 5.89 Å². The summed E-state index contributed by atoms with van der Waals surface area (Å²) in [5.41, 5.74) is 8.23. The average Bonchev–Trinajstić information content (AvgIpc) is 2.82. The third-order valence-corrected chi connectivity index (χ3v) is 3.39. The summed E-state index contributed by atoms with van der Waals surface area (Å²) in [6.07, 6.45) is 0. The second-order valence-corrected chi connectivity index (χ2v) is 5.06. The molecule has 0 unspecified atom stereocenters. The number of hydrogen-bond donors (Lipinski definition) is 1. The Morgan fingerprint density at radius 3 is 2.70 bits per heavy atom. The number of nitrogens with zero attached hydrogens (tertiary/aromatic N) is 1. The van der Waals surface area contributed by atoms with Gasteiger partial charge in [0.15, 0.2) is 5.58 Å². The van der Waals surface area contributed by atoms with Crippen molar-refractivity contribution >= 4 is 40.0 Å². The molecule has 0 radical (unpaired) electrons. The molecule has 0 atom stereocenters. The lowest BCUT2D eigenvalue weighted by atomic mass is 10.2. The monoisotopic (exact) mass is 308 g/mol. The molecule has 6 heteroatoms.